The van der Waals surface area contributed by atoms with E-state index in [1.54, 1.807) is 0 Å². The number of carbonyl (C=O) groups excluding carboxylic acids is 1. The van der Waals surface area contributed by atoms with Gasteiger partial charge in [-0.3, -0.25) is 4.79 Å². The molecule has 1 aliphatic carbocycles. The monoisotopic (exact) mass is 257 g/mol. The average Bonchev–Trinajstić information content (AvgIpc) is 2.30. The van der Waals surface area contributed by atoms with Gasteiger partial charge in [-0.25, -0.2) is 0 Å². The minimum absolute atomic E-state index is 0.306. The Morgan fingerprint density at radius 3 is 2.71 bits per heavy atom. The first-order valence-corrected chi connectivity index (χ1v) is 8.11. The van der Waals surface area contributed by atoms with Crippen LogP contribution in [0.25, 0.3) is 0 Å². The van der Waals surface area contributed by atoms with Crippen molar-refractivity contribution in [1.82, 2.24) is 4.90 Å². The predicted octanol–water partition coefficient (Wildman–Crippen LogP) is 4.54. The fourth-order valence-corrected chi connectivity index (χ4v) is 3.30. The Bertz CT molecular complexity index is 232. The van der Waals surface area contributed by atoms with Crippen LogP contribution in [0.4, 0.5) is 4.79 Å². The van der Waals surface area contributed by atoms with Crippen molar-refractivity contribution in [3.8, 4) is 0 Å². The minimum atomic E-state index is 0.306. The summed E-state index contributed by atoms with van der Waals surface area (Å²) in [7, 11) is 0. The predicted molar refractivity (Wildman–Crippen MR) is 76.6 cm³/mol. The van der Waals surface area contributed by atoms with Gasteiger partial charge >= 0.3 is 0 Å². The maximum Gasteiger partial charge on any atom is 0.281 e. The fourth-order valence-electron chi connectivity index (χ4n) is 2.64. The van der Waals surface area contributed by atoms with E-state index in [9.17, 15) is 4.79 Å². The van der Waals surface area contributed by atoms with Crippen molar-refractivity contribution in [2.24, 2.45) is 5.92 Å². The van der Waals surface area contributed by atoms with Gasteiger partial charge in [0.2, 0.25) is 0 Å². The summed E-state index contributed by atoms with van der Waals surface area (Å²) in [4.78, 5) is 14.3. The van der Waals surface area contributed by atoms with Gasteiger partial charge < -0.3 is 4.90 Å². The van der Waals surface area contributed by atoms with Crippen LogP contribution in [-0.2, 0) is 0 Å². The Hall–Kier alpha value is -0.180. The van der Waals surface area contributed by atoms with E-state index in [4.69, 9.17) is 0 Å². The summed E-state index contributed by atoms with van der Waals surface area (Å²) in [6.07, 6.45) is 7.36. The van der Waals surface area contributed by atoms with Crippen LogP contribution in [0.3, 0.4) is 0 Å². The van der Waals surface area contributed by atoms with Crippen molar-refractivity contribution in [1.29, 1.82) is 0 Å². The second kappa shape index (κ2) is 8.02. The lowest BCUT2D eigenvalue weighted by Gasteiger charge is -2.36. The van der Waals surface area contributed by atoms with Crippen LogP contribution in [0, 0.1) is 5.92 Å². The van der Waals surface area contributed by atoms with Gasteiger partial charge in [-0.2, -0.15) is 0 Å². The van der Waals surface area contributed by atoms with Crippen molar-refractivity contribution >= 4 is 17.0 Å². The van der Waals surface area contributed by atoms with Crippen LogP contribution in [0.15, 0.2) is 0 Å². The Labute approximate surface area is 111 Å². The van der Waals surface area contributed by atoms with Crippen LogP contribution in [-0.4, -0.2) is 28.5 Å². The molecular formula is C14H27NOS. The van der Waals surface area contributed by atoms with Gasteiger partial charge in [0, 0.05) is 12.6 Å². The smallest absolute Gasteiger partial charge is 0.281 e. The molecule has 2 nitrogen and oxygen atoms in total. The van der Waals surface area contributed by atoms with Crippen molar-refractivity contribution in [2.45, 2.75) is 65.3 Å². The van der Waals surface area contributed by atoms with E-state index < -0.39 is 0 Å². The van der Waals surface area contributed by atoms with Crippen molar-refractivity contribution in [3.05, 3.63) is 0 Å². The Morgan fingerprint density at radius 2 is 2.12 bits per heavy atom. The highest BCUT2D eigenvalue weighted by Gasteiger charge is 2.27. The molecule has 1 saturated carbocycles. The summed E-state index contributed by atoms with van der Waals surface area (Å²) >= 11 is 1.47. The normalized spacial score (nSPS) is 24.6. The lowest BCUT2D eigenvalue weighted by atomic mass is 9.86. The van der Waals surface area contributed by atoms with Crippen LogP contribution in [0.2, 0.25) is 0 Å². The Balaban J connectivity index is 2.56. The van der Waals surface area contributed by atoms with Crippen molar-refractivity contribution in [3.63, 3.8) is 0 Å². The summed E-state index contributed by atoms with van der Waals surface area (Å²) in [6.45, 7) is 7.53. The highest BCUT2D eigenvalue weighted by atomic mass is 32.2. The zero-order chi connectivity index (χ0) is 12.7. The fraction of sp³-hybridized carbons (Fsp3) is 0.929. The van der Waals surface area contributed by atoms with E-state index in [-0.39, 0.29) is 0 Å². The van der Waals surface area contributed by atoms with Gasteiger partial charge in [-0.15, -0.1) is 0 Å². The quantitative estimate of drug-likeness (QED) is 0.720. The number of hydrogen-bond acceptors (Lipinski definition) is 2. The molecule has 0 radical (unpaired) electrons. The first-order chi connectivity index (χ1) is 8.19. The molecule has 0 bridgehead atoms. The number of unbranched alkanes of at least 4 members (excludes halogenated alkanes) is 1. The molecule has 1 amide bonds. The molecule has 0 N–H and O–H groups in total. The molecular weight excluding hydrogens is 230 g/mol. The first kappa shape index (κ1) is 14.9. The van der Waals surface area contributed by atoms with Crippen LogP contribution < -0.4 is 0 Å². The van der Waals surface area contributed by atoms with Gasteiger partial charge in [0.15, 0.2) is 0 Å². The molecule has 0 heterocycles. The number of thioether (sulfide) groups is 1. The molecule has 0 saturated heterocycles. The van der Waals surface area contributed by atoms with E-state index in [1.165, 1.54) is 43.9 Å². The molecule has 0 aromatic rings. The van der Waals surface area contributed by atoms with E-state index >= 15 is 0 Å². The summed E-state index contributed by atoms with van der Waals surface area (Å²) in [6, 6.07) is 0.511. The second-order valence-corrected chi connectivity index (χ2v) is 6.39. The highest BCUT2D eigenvalue weighted by molar-refractivity contribution is 8.13. The molecule has 1 aliphatic rings. The van der Waals surface area contributed by atoms with Crippen molar-refractivity contribution in [2.75, 3.05) is 12.3 Å². The second-order valence-electron chi connectivity index (χ2n) is 5.17. The van der Waals surface area contributed by atoms with E-state index in [1.807, 2.05) is 0 Å². The van der Waals surface area contributed by atoms with Crippen molar-refractivity contribution < 1.29 is 4.79 Å². The Morgan fingerprint density at radius 1 is 1.35 bits per heavy atom. The standard InChI is InChI=1S/C14H27NOS/c1-4-6-10-15(14(16)17-5-2)13-9-7-8-12(3)11-13/h12-13H,4-11H2,1-3H3. The largest absolute Gasteiger partial charge is 0.331 e. The van der Waals surface area contributed by atoms with Gasteiger partial charge in [0.1, 0.15) is 0 Å². The van der Waals surface area contributed by atoms with E-state index in [0.29, 0.717) is 11.3 Å². The molecule has 1 fully saturated rings. The number of hydrogen-bond donors (Lipinski definition) is 0. The minimum Gasteiger partial charge on any atom is -0.331 e. The SMILES string of the molecule is CCCCN(C(=O)SCC)C1CCCC(C)C1. The third-order valence-corrected chi connectivity index (χ3v) is 4.37. The molecule has 100 valence electrons. The average molecular weight is 257 g/mol. The summed E-state index contributed by atoms with van der Waals surface area (Å²) in [5, 5.41) is 0.306. The van der Waals surface area contributed by atoms with Gasteiger partial charge in [0.25, 0.3) is 5.24 Å². The lowest BCUT2D eigenvalue weighted by molar-refractivity contribution is 0.160. The van der Waals surface area contributed by atoms with E-state index in [2.05, 4.69) is 25.7 Å². The lowest BCUT2D eigenvalue weighted by Crippen LogP contribution is -2.41. The number of rotatable bonds is 5. The van der Waals surface area contributed by atoms with Gasteiger partial charge in [-0.05, 0) is 30.9 Å². The highest BCUT2D eigenvalue weighted by Crippen LogP contribution is 2.29. The third kappa shape index (κ3) is 4.90. The molecule has 17 heavy (non-hydrogen) atoms. The number of nitrogens with zero attached hydrogens (tertiary/aromatic N) is 1. The molecule has 0 spiro atoms. The van der Waals surface area contributed by atoms with Crippen LogP contribution in [0.5, 0.6) is 0 Å². The molecule has 0 aromatic carbocycles. The Kier molecular flexibility index (Phi) is 7.02. The maximum absolute atomic E-state index is 12.1. The van der Waals surface area contributed by atoms with Gasteiger partial charge in [-0.1, -0.05) is 51.8 Å². The van der Waals surface area contributed by atoms with E-state index in [0.717, 1.165) is 24.6 Å². The topological polar surface area (TPSA) is 20.3 Å². The molecule has 2 atom stereocenters. The molecule has 1 rings (SSSR count). The van der Waals surface area contributed by atoms with Gasteiger partial charge in [0.05, 0.1) is 0 Å². The molecule has 0 aliphatic heterocycles. The third-order valence-electron chi connectivity index (χ3n) is 3.60. The molecule has 3 heteroatoms. The first-order valence-electron chi connectivity index (χ1n) is 7.12. The zero-order valence-electron chi connectivity index (χ0n) is 11.6. The van der Waals surface area contributed by atoms with Crippen LogP contribution >= 0.6 is 11.8 Å². The molecule has 2 unspecified atom stereocenters. The summed E-state index contributed by atoms with van der Waals surface area (Å²) < 4.78 is 0. The van der Waals surface area contributed by atoms with Crippen LogP contribution in [0.1, 0.15) is 59.3 Å². The summed E-state index contributed by atoms with van der Waals surface area (Å²) in [5.74, 6) is 1.68. The molecule has 0 aromatic heterocycles. The number of carbonyl (C=O) groups is 1. The maximum atomic E-state index is 12.1. The number of amides is 1. The zero-order valence-corrected chi connectivity index (χ0v) is 12.4. The summed E-state index contributed by atoms with van der Waals surface area (Å²) in [5.41, 5.74) is 0.